The Hall–Kier alpha value is -2.93. The minimum absolute atomic E-state index is 0.306. The van der Waals surface area contributed by atoms with Gasteiger partial charge in [0.25, 0.3) is 0 Å². The Morgan fingerprint density at radius 2 is 1.80 bits per heavy atom. The van der Waals surface area contributed by atoms with Crippen molar-refractivity contribution in [3.63, 3.8) is 0 Å². The summed E-state index contributed by atoms with van der Waals surface area (Å²) in [5, 5.41) is 9.32. The third kappa shape index (κ3) is 5.63. The molecule has 40 heavy (non-hydrogen) atoms. The van der Waals surface area contributed by atoms with Gasteiger partial charge in [0.05, 0.1) is 21.2 Å². The van der Waals surface area contributed by atoms with Gasteiger partial charge in [-0.3, -0.25) is 4.79 Å². The molecule has 4 rings (SSSR count). The number of nitrogens with zero attached hydrogens (tertiary/aromatic N) is 2. The number of alkyl carbamates (subject to hydrolysis) is 1. The van der Waals surface area contributed by atoms with E-state index in [-0.39, 0.29) is 5.75 Å². The van der Waals surface area contributed by atoms with Gasteiger partial charge in [0, 0.05) is 19.0 Å². The van der Waals surface area contributed by atoms with Gasteiger partial charge in [0.1, 0.15) is 16.7 Å². The van der Waals surface area contributed by atoms with Crippen molar-refractivity contribution in [1.82, 2.24) is 10.2 Å². The van der Waals surface area contributed by atoms with E-state index in [2.05, 4.69) is 5.32 Å². The first-order chi connectivity index (χ1) is 18.3. The molecule has 9 nitrogen and oxygen atoms in total. The lowest BCUT2D eigenvalue weighted by molar-refractivity contribution is -0.201. The number of hydrogen-bond donors (Lipinski definition) is 1. The maximum absolute atomic E-state index is 13.7. The number of nitriles is 1. The summed E-state index contributed by atoms with van der Waals surface area (Å²) in [5.41, 5.74) is -3.94. The summed E-state index contributed by atoms with van der Waals surface area (Å²) < 4.78 is 116. The number of benzene rings is 1. The van der Waals surface area contributed by atoms with Crippen LogP contribution in [0.2, 0.25) is 5.02 Å². The van der Waals surface area contributed by atoms with Crippen molar-refractivity contribution in [2.24, 2.45) is 5.41 Å². The molecule has 17 heteroatoms. The molecule has 1 aliphatic heterocycles. The molecule has 0 spiro atoms. The maximum Gasteiger partial charge on any atom is 0.425 e. The number of carbonyl (C=O) groups excluding carboxylic acids is 2. The lowest BCUT2D eigenvalue weighted by Crippen LogP contribution is -2.49. The predicted molar refractivity (Wildman–Crippen MR) is 124 cm³/mol. The second kappa shape index (κ2) is 9.86. The fourth-order valence-electron chi connectivity index (χ4n) is 4.31. The molecule has 2 aliphatic carbocycles. The third-order valence-electron chi connectivity index (χ3n) is 7.15. The van der Waals surface area contributed by atoms with Crippen LogP contribution < -0.4 is 10.1 Å². The average molecular weight is 618 g/mol. The van der Waals surface area contributed by atoms with Crippen LogP contribution in [0, 0.1) is 16.7 Å². The standard InChI is InChI=1S/C23H22ClF6N3O6S/c1-12(22(25,26)27)38-13-2-3-16(15(24)8-13)40(36,37)14-9-17(39-19(35)32-20(11-31)4-5-20)33(10-14)18(34)21(6-7-21)23(28,29)30/h2-3,8,12,14,17H,4-7,9-10H2,1H3,(H,32,35)/t12-,14+,17-/m0/s1. The molecule has 3 aliphatic rings. The van der Waals surface area contributed by atoms with Gasteiger partial charge in [0.2, 0.25) is 5.91 Å². The highest BCUT2D eigenvalue weighted by Crippen LogP contribution is 2.59. The molecule has 1 saturated heterocycles. The van der Waals surface area contributed by atoms with Crippen LogP contribution in [0.1, 0.15) is 39.0 Å². The number of ether oxygens (including phenoxy) is 2. The SMILES string of the molecule is C[C@H](Oc1ccc(S(=O)(=O)[C@@H]2C[C@H](OC(=O)NC3(C#N)CC3)N(C(=O)C3(C(F)(F)F)CC3)C2)c(Cl)c1)C(F)(F)F. The van der Waals surface area contributed by atoms with Gasteiger partial charge >= 0.3 is 18.4 Å². The zero-order valence-corrected chi connectivity index (χ0v) is 22.2. The van der Waals surface area contributed by atoms with E-state index in [4.69, 9.17) is 26.3 Å². The minimum atomic E-state index is -4.93. The summed E-state index contributed by atoms with van der Waals surface area (Å²) >= 11 is 6.05. The average Bonchev–Trinajstić information content (AvgIpc) is 3.75. The van der Waals surface area contributed by atoms with E-state index in [1.807, 2.05) is 6.07 Å². The van der Waals surface area contributed by atoms with Crippen LogP contribution in [0.25, 0.3) is 0 Å². The van der Waals surface area contributed by atoms with Crippen LogP contribution in [0.5, 0.6) is 5.75 Å². The van der Waals surface area contributed by atoms with Crippen molar-refractivity contribution >= 4 is 33.4 Å². The Kier molecular flexibility index (Phi) is 7.41. The smallest absolute Gasteiger partial charge is 0.425 e. The zero-order valence-electron chi connectivity index (χ0n) is 20.6. The molecule has 2 amide bonds. The normalized spacial score (nSPS) is 24.0. The Morgan fingerprint density at radius 1 is 1.18 bits per heavy atom. The summed E-state index contributed by atoms with van der Waals surface area (Å²) in [6.07, 6.45) is -15.9. The lowest BCUT2D eigenvalue weighted by atomic mass is 10.1. The summed E-state index contributed by atoms with van der Waals surface area (Å²) in [5.74, 6) is -1.84. The second-order valence-corrected chi connectivity index (χ2v) is 12.6. The molecule has 0 radical (unpaired) electrons. The number of nitrogens with one attached hydrogen (secondary N) is 1. The van der Waals surface area contributed by atoms with E-state index in [0.29, 0.717) is 17.7 Å². The van der Waals surface area contributed by atoms with Gasteiger partial charge < -0.3 is 19.7 Å². The molecule has 3 fully saturated rings. The first-order valence-electron chi connectivity index (χ1n) is 11.9. The van der Waals surface area contributed by atoms with Crippen LogP contribution in [-0.2, 0) is 19.4 Å². The van der Waals surface area contributed by atoms with Crippen molar-refractivity contribution in [1.29, 1.82) is 5.26 Å². The topological polar surface area (TPSA) is 126 Å². The van der Waals surface area contributed by atoms with Crippen LogP contribution >= 0.6 is 11.6 Å². The first-order valence-corrected chi connectivity index (χ1v) is 13.8. The largest absolute Gasteiger partial charge is 0.481 e. The molecule has 220 valence electrons. The Balaban J connectivity index is 1.58. The van der Waals surface area contributed by atoms with Gasteiger partial charge in [-0.2, -0.15) is 31.6 Å². The lowest BCUT2D eigenvalue weighted by Gasteiger charge is -2.29. The number of rotatable bonds is 7. The number of hydrogen-bond acceptors (Lipinski definition) is 7. The molecular formula is C23H22ClF6N3O6S. The predicted octanol–water partition coefficient (Wildman–Crippen LogP) is 4.50. The molecule has 1 heterocycles. The number of carbonyl (C=O) groups is 2. The van der Waals surface area contributed by atoms with E-state index in [1.54, 1.807) is 0 Å². The fourth-order valence-corrected chi connectivity index (χ4v) is 6.52. The van der Waals surface area contributed by atoms with Crippen LogP contribution in [-0.4, -0.2) is 67.3 Å². The Morgan fingerprint density at radius 3 is 2.27 bits per heavy atom. The van der Waals surface area contributed by atoms with Crippen LogP contribution in [0.3, 0.4) is 0 Å². The van der Waals surface area contributed by atoms with Gasteiger partial charge in [-0.05, 0) is 44.7 Å². The highest BCUT2D eigenvalue weighted by Gasteiger charge is 2.70. The fraction of sp³-hybridized carbons (Fsp3) is 0.609. The van der Waals surface area contributed by atoms with E-state index in [1.165, 1.54) is 0 Å². The molecule has 2 saturated carbocycles. The summed E-state index contributed by atoms with van der Waals surface area (Å²) in [6, 6.07) is 4.51. The quantitative estimate of drug-likeness (QED) is 0.447. The summed E-state index contributed by atoms with van der Waals surface area (Å²) in [7, 11) is -4.52. The molecule has 0 unspecified atom stereocenters. The van der Waals surface area contributed by atoms with Crippen molar-refractivity contribution < 1.29 is 53.8 Å². The summed E-state index contributed by atoms with van der Waals surface area (Å²) in [4.78, 5) is 25.4. The van der Waals surface area contributed by atoms with Crippen molar-refractivity contribution in [2.75, 3.05) is 6.54 Å². The number of sulfone groups is 1. The highest BCUT2D eigenvalue weighted by atomic mass is 35.5. The zero-order chi connectivity index (χ0) is 29.9. The number of likely N-dealkylation sites (tertiary alicyclic amines) is 1. The Labute approximate surface area is 229 Å². The minimum Gasteiger partial charge on any atom is -0.481 e. The number of amides is 2. The molecule has 0 bridgehead atoms. The van der Waals surface area contributed by atoms with Crippen molar-refractivity contribution in [3.05, 3.63) is 23.2 Å². The summed E-state index contributed by atoms with van der Waals surface area (Å²) in [6.45, 7) is -0.0474. The molecular weight excluding hydrogens is 596 g/mol. The van der Waals surface area contributed by atoms with Crippen LogP contribution in [0.15, 0.2) is 23.1 Å². The molecule has 3 atom stereocenters. The molecule has 0 aromatic heterocycles. The molecule has 1 aromatic carbocycles. The van der Waals surface area contributed by atoms with Crippen molar-refractivity contribution in [2.45, 2.75) is 79.4 Å². The number of alkyl halides is 6. The second-order valence-electron chi connectivity index (χ2n) is 10.0. The molecule has 1 aromatic rings. The molecule has 1 N–H and O–H groups in total. The maximum atomic E-state index is 13.7. The Bertz CT molecular complexity index is 1350. The van der Waals surface area contributed by atoms with Gasteiger partial charge in [-0.1, -0.05) is 11.6 Å². The monoisotopic (exact) mass is 617 g/mol. The van der Waals surface area contributed by atoms with Crippen molar-refractivity contribution in [3.8, 4) is 11.8 Å². The third-order valence-corrected chi connectivity index (χ3v) is 9.76. The van der Waals surface area contributed by atoms with E-state index in [0.717, 1.165) is 25.1 Å². The van der Waals surface area contributed by atoms with Gasteiger partial charge in [0.15, 0.2) is 22.2 Å². The van der Waals surface area contributed by atoms with E-state index < -0.39 is 98.5 Å². The van der Waals surface area contributed by atoms with E-state index >= 15 is 0 Å². The van der Waals surface area contributed by atoms with Crippen LogP contribution in [0.4, 0.5) is 31.1 Å². The van der Waals surface area contributed by atoms with Gasteiger partial charge in [-0.25, -0.2) is 13.2 Å². The highest BCUT2D eigenvalue weighted by molar-refractivity contribution is 7.92. The number of halogens is 7. The van der Waals surface area contributed by atoms with Gasteiger partial charge in [-0.15, -0.1) is 0 Å². The van der Waals surface area contributed by atoms with E-state index in [9.17, 15) is 44.3 Å². The first kappa shape index (κ1) is 30.0.